The minimum absolute atomic E-state index is 0.0138. The Labute approximate surface area is 133 Å². The maximum absolute atomic E-state index is 12.6. The van der Waals surface area contributed by atoms with E-state index in [1.165, 1.54) is 12.1 Å². The summed E-state index contributed by atoms with van der Waals surface area (Å²) in [5.74, 6) is -0.185. The first-order chi connectivity index (χ1) is 10.5. The van der Waals surface area contributed by atoms with Gasteiger partial charge in [0.25, 0.3) is 0 Å². The minimum Gasteiger partial charge on any atom is -0.491 e. The SMILES string of the molecule is CC(C)(C)CC(=O)NC[C@@H](O)COc1cccc(C(F)(F)F)c1. The molecule has 0 fully saturated rings. The van der Waals surface area contributed by atoms with Gasteiger partial charge in [-0.1, -0.05) is 26.8 Å². The van der Waals surface area contributed by atoms with Crippen molar-refractivity contribution in [3.05, 3.63) is 29.8 Å². The van der Waals surface area contributed by atoms with Gasteiger partial charge in [-0.3, -0.25) is 4.79 Å². The summed E-state index contributed by atoms with van der Waals surface area (Å²) >= 11 is 0. The Morgan fingerprint density at radius 3 is 2.52 bits per heavy atom. The maximum Gasteiger partial charge on any atom is 0.416 e. The van der Waals surface area contributed by atoms with Gasteiger partial charge in [-0.2, -0.15) is 13.2 Å². The number of nitrogens with one attached hydrogen (secondary N) is 1. The second-order valence-electron chi connectivity index (χ2n) is 6.53. The second-order valence-corrected chi connectivity index (χ2v) is 6.53. The van der Waals surface area contributed by atoms with Crippen LogP contribution in [-0.2, 0) is 11.0 Å². The molecule has 1 aromatic carbocycles. The van der Waals surface area contributed by atoms with Crippen LogP contribution >= 0.6 is 0 Å². The third-order valence-electron chi connectivity index (χ3n) is 2.83. The van der Waals surface area contributed by atoms with E-state index in [9.17, 15) is 23.1 Å². The van der Waals surface area contributed by atoms with Crippen LogP contribution in [0.15, 0.2) is 24.3 Å². The summed E-state index contributed by atoms with van der Waals surface area (Å²) in [6.07, 6.45) is -5.14. The molecule has 7 heteroatoms. The lowest BCUT2D eigenvalue weighted by Crippen LogP contribution is -2.36. The Bertz CT molecular complexity index is 524. The number of carbonyl (C=O) groups excluding carboxylic acids is 1. The molecule has 4 nitrogen and oxygen atoms in total. The molecular weight excluding hydrogens is 311 g/mol. The van der Waals surface area contributed by atoms with Crippen LogP contribution in [0.3, 0.4) is 0 Å². The van der Waals surface area contributed by atoms with E-state index in [1.54, 1.807) is 0 Å². The van der Waals surface area contributed by atoms with Gasteiger partial charge >= 0.3 is 6.18 Å². The van der Waals surface area contributed by atoms with E-state index in [0.29, 0.717) is 6.42 Å². The van der Waals surface area contributed by atoms with Crippen LogP contribution in [0.1, 0.15) is 32.8 Å². The van der Waals surface area contributed by atoms with Gasteiger partial charge in [-0.25, -0.2) is 0 Å². The predicted molar refractivity (Wildman–Crippen MR) is 80.0 cm³/mol. The van der Waals surface area contributed by atoms with Gasteiger partial charge in [-0.15, -0.1) is 0 Å². The molecule has 0 saturated heterocycles. The summed E-state index contributed by atoms with van der Waals surface area (Å²) in [4.78, 5) is 11.6. The first kappa shape index (κ1) is 19.3. The Kier molecular flexibility index (Phi) is 6.44. The van der Waals surface area contributed by atoms with Crippen molar-refractivity contribution in [2.24, 2.45) is 5.41 Å². The van der Waals surface area contributed by atoms with Crippen molar-refractivity contribution in [2.75, 3.05) is 13.2 Å². The predicted octanol–water partition coefficient (Wildman–Crippen LogP) is 3.00. The van der Waals surface area contributed by atoms with Gasteiger partial charge in [0, 0.05) is 13.0 Å². The molecule has 0 aliphatic heterocycles. The third-order valence-corrected chi connectivity index (χ3v) is 2.83. The molecule has 0 radical (unpaired) electrons. The number of carbonyl (C=O) groups is 1. The van der Waals surface area contributed by atoms with Crippen molar-refractivity contribution in [3.8, 4) is 5.75 Å². The van der Waals surface area contributed by atoms with E-state index in [-0.39, 0.29) is 30.2 Å². The molecule has 0 aliphatic carbocycles. The molecular formula is C16H22F3NO3. The molecule has 23 heavy (non-hydrogen) atoms. The van der Waals surface area contributed by atoms with Crippen LogP contribution in [0.4, 0.5) is 13.2 Å². The first-order valence-electron chi connectivity index (χ1n) is 7.22. The number of halogens is 3. The van der Waals surface area contributed by atoms with E-state index in [4.69, 9.17) is 4.74 Å². The number of hydrogen-bond acceptors (Lipinski definition) is 3. The molecule has 0 saturated carbocycles. The lowest BCUT2D eigenvalue weighted by molar-refractivity contribution is -0.137. The van der Waals surface area contributed by atoms with E-state index in [2.05, 4.69) is 5.32 Å². The molecule has 1 atom stereocenters. The lowest BCUT2D eigenvalue weighted by Gasteiger charge is -2.18. The number of ether oxygens (including phenoxy) is 1. The first-order valence-corrected chi connectivity index (χ1v) is 7.22. The topological polar surface area (TPSA) is 58.6 Å². The van der Waals surface area contributed by atoms with Crippen molar-refractivity contribution < 1.29 is 27.8 Å². The van der Waals surface area contributed by atoms with Crippen LogP contribution < -0.4 is 10.1 Å². The average Bonchev–Trinajstić information content (AvgIpc) is 2.40. The molecule has 0 spiro atoms. The number of hydrogen-bond donors (Lipinski definition) is 2. The highest BCUT2D eigenvalue weighted by atomic mass is 19.4. The summed E-state index contributed by atoms with van der Waals surface area (Å²) in [5, 5.41) is 12.3. The average molecular weight is 333 g/mol. The fourth-order valence-electron chi connectivity index (χ4n) is 1.79. The molecule has 1 rings (SSSR count). The number of alkyl halides is 3. The maximum atomic E-state index is 12.6. The standard InChI is InChI=1S/C16H22F3NO3/c1-15(2,3)8-14(22)20-9-12(21)10-23-13-6-4-5-11(7-13)16(17,18)19/h4-7,12,21H,8-10H2,1-3H3,(H,20,22)/t12-/m1/s1. The molecule has 0 aliphatic rings. The van der Waals surface area contributed by atoms with Crippen LogP contribution in [0.5, 0.6) is 5.75 Å². The summed E-state index contributed by atoms with van der Waals surface area (Å²) < 4.78 is 42.8. The van der Waals surface area contributed by atoms with Crippen molar-refractivity contribution in [1.82, 2.24) is 5.32 Å². The monoisotopic (exact) mass is 333 g/mol. The quantitative estimate of drug-likeness (QED) is 0.841. The molecule has 1 amide bonds. The smallest absolute Gasteiger partial charge is 0.416 e. The summed E-state index contributed by atoms with van der Waals surface area (Å²) in [7, 11) is 0. The van der Waals surface area contributed by atoms with Gasteiger partial charge in [0.2, 0.25) is 5.91 Å². The molecule has 2 N–H and O–H groups in total. The Morgan fingerprint density at radius 2 is 1.96 bits per heavy atom. The highest BCUT2D eigenvalue weighted by Gasteiger charge is 2.30. The van der Waals surface area contributed by atoms with Gasteiger partial charge in [0.05, 0.1) is 5.56 Å². The largest absolute Gasteiger partial charge is 0.491 e. The van der Waals surface area contributed by atoms with Crippen LogP contribution in [-0.4, -0.2) is 30.3 Å². The van der Waals surface area contributed by atoms with E-state index in [0.717, 1.165) is 12.1 Å². The molecule has 130 valence electrons. The molecule has 0 bridgehead atoms. The number of amides is 1. The van der Waals surface area contributed by atoms with Crippen molar-refractivity contribution in [2.45, 2.75) is 39.5 Å². The third kappa shape index (κ3) is 7.88. The number of benzene rings is 1. The van der Waals surface area contributed by atoms with Crippen LogP contribution in [0.25, 0.3) is 0 Å². The van der Waals surface area contributed by atoms with E-state index < -0.39 is 17.8 Å². The molecule has 1 aromatic rings. The second kappa shape index (κ2) is 7.68. The van der Waals surface area contributed by atoms with Gasteiger partial charge in [-0.05, 0) is 23.6 Å². The summed E-state index contributed by atoms with van der Waals surface area (Å²) in [6.45, 7) is 5.52. The minimum atomic E-state index is -4.45. The Balaban J connectivity index is 2.42. The molecule has 0 aromatic heterocycles. The van der Waals surface area contributed by atoms with Crippen molar-refractivity contribution in [1.29, 1.82) is 0 Å². The number of aliphatic hydroxyl groups excluding tert-OH is 1. The Morgan fingerprint density at radius 1 is 1.30 bits per heavy atom. The van der Waals surface area contributed by atoms with Crippen LogP contribution in [0.2, 0.25) is 0 Å². The fraction of sp³-hybridized carbons (Fsp3) is 0.562. The molecule has 0 heterocycles. The van der Waals surface area contributed by atoms with E-state index >= 15 is 0 Å². The highest BCUT2D eigenvalue weighted by Crippen LogP contribution is 2.31. The number of aliphatic hydroxyl groups is 1. The zero-order valence-corrected chi connectivity index (χ0v) is 13.4. The number of rotatable bonds is 6. The summed E-state index contributed by atoms with van der Waals surface area (Å²) in [5.41, 5.74) is -0.980. The van der Waals surface area contributed by atoms with E-state index in [1.807, 2.05) is 20.8 Å². The zero-order valence-electron chi connectivity index (χ0n) is 13.4. The highest BCUT2D eigenvalue weighted by molar-refractivity contribution is 5.76. The van der Waals surface area contributed by atoms with Crippen molar-refractivity contribution >= 4 is 5.91 Å². The van der Waals surface area contributed by atoms with Crippen molar-refractivity contribution in [3.63, 3.8) is 0 Å². The summed E-state index contributed by atoms with van der Waals surface area (Å²) in [6, 6.07) is 4.41. The lowest BCUT2D eigenvalue weighted by atomic mass is 9.92. The van der Waals surface area contributed by atoms with Gasteiger partial charge in [0.1, 0.15) is 18.5 Å². The molecule has 0 unspecified atom stereocenters. The van der Waals surface area contributed by atoms with Crippen LogP contribution in [0, 0.1) is 5.41 Å². The van der Waals surface area contributed by atoms with Gasteiger partial charge < -0.3 is 15.2 Å². The zero-order chi connectivity index (χ0) is 17.7. The Hall–Kier alpha value is -1.76. The van der Waals surface area contributed by atoms with Gasteiger partial charge in [0.15, 0.2) is 0 Å². The normalized spacial score (nSPS) is 13.5. The fourth-order valence-corrected chi connectivity index (χ4v) is 1.79.